The molecular weight excluding hydrogens is 321 g/mol. The van der Waals surface area contributed by atoms with Crippen molar-refractivity contribution in [1.82, 2.24) is 14.9 Å². The second-order valence-electron chi connectivity index (χ2n) is 6.28. The van der Waals surface area contributed by atoms with E-state index in [9.17, 15) is 4.79 Å². The van der Waals surface area contributed by atoms with Crippen molar-refractivity contribution in [2.75, 3.05) is 13.1 Å². The quantitative estimate of drug-likeness (QED) is 0.900. The van der Waals surface area contributed by atoms with E-state index in [0.29, 0.717) is 27.8 Å². The standard InChI is InChI=1S/C16H17Cl2N3O/c17-11-7-13-14(8-12(11)18)20-15(19-13)9-3-5-21(6-4-9)16(22)10-1-2-10/h7-10H,1-6H2,(H,19,20). The molecule has 1 saturated heterocycles. The van der Waals surface area contributed by atoms with E-state index in [4.69, 9.17) is 23.2 Å². The average molecular weight is 338 g/mol. The predicted octanol–water partition coefficient (Wildman–Crippen LogP) is 3.99. The van der Waals surface area contributed by atoms with E-state index in [1.54, 1.807) is 6.07 Å². The molecule has 1 amide bonds. The van der Waals surface area contributed by atoms with Crippen LogP contribution in [0.25, 0.3) is 11.0 Å². The van der Waals surface area contributed by atoms with Crippen molar-refractivity contribution in [3.05, 3.63) is 28.0 Å². The Kier molecular flexibility index (Phi) is 3.54. The van der Waals surface area contributed by atoms with E-state index in [1.807, 2.05) is 11.0 Å². The lowest BCUT2D eigenvalue weighted by Gasteiger charge is -2.31. The van der Waals surface area contributed by atoms with Gasteiger partial charge in [-0.25, -0.2) is 4.98 Å². The number of amides is 1. The fourth-order valence-electron chi connectivity index (χ4n) is 3.18. The van der Waals surface area contributed by atoms with Crippen LogP contribution in [0.15, 0.2) is 12.1 Å². The van der Waals surface area contributed by atoms with Gasteiger partial charge in [0.2, 0.25) is 5.91 Å². The Morgan fingerprint density at radius 2 is 1.82 bits per heavy atom. The molecule has 1 aromatic heterocycles. The van der Waals surface area contributed by atoms with Crippen molar-refractivity contribution in [2.45, 2.75) is 31.6 Å². The summed E-state index contributed by atoms with van der Waals surface area (Å²) in [4.78, 5) is 22.1. The first-order valence-electron chi connectivity index (χ1n) is 7.75. The molecule has 2 aliphatic rings. The minimum absolute atomic E-state index is 0.312. The second kappa shape index (κ2) is 5.43. The number of piperidine rings is 1. The van der Waals surface area contributed by atoms with Crippen LogP contribution in [0.3, 0.4) is 0 Å². The topological polar surface area (TPSA) is 49.0 Å². The van der Waals surface area contributed by atoms with E-state index in [2.05, 4.69) is 9.97 Å². The van der Waals surface area contributed by atoms with Crippen LogP contribution in [0.4, 0.5) is 0 Å². The molecule has 0 atom stereocenters. The van der Waals surface area contributed by atoms with E-state index >= 15 is 0 Å². The summed E-state index contributed by atoms with van der Waals surface area (Å²) in [5.41, 5.74) is 1.77. The van der Waals surface area contributed by atoms with Crippen LogP contribution < -0.4 is 0 Å². The Labute approximate surface area is 138 Å². The summed E-state index contributed by atoms with van der Waals surface area (Å²) in [6, 6.07) is 3.62. The van der Waals surface area contributed by atoms with Crippen LogP contribution >= 0.6 is 23.2 Å². The molecule has 0 radical (unpaired) electrons. The molecule has 6 heteroatoms. The fourth-order valence-corrected chi connectivity index (χ4v) is 3.50. The number of likely N-dealkylation sites (tertiary alicyclic amines) is 1. The Bertz CT molecular complexity index is 691. The lowest BCUT2D eigenvalue weighted by Crippen LogP contribution is -2.38. The van der Waals surface area contributed by atoms with E-state index in [1.165, 1.54) is 0 Å². The molecule has 2 heterocycles. The molecule has 2 aromatic rings. The highest BCUT2D eigenvalue weighted by Crippen LogP contribution is 2.35. The number of hydrogen-bond donors (Lipinski definition) is 1. The van der Waals surface area contributed by atoms with E-state index < -0.39 is 0 Å². The van der Waals surface area contributed by atoms with Gasteiger partial charge in [-0.1, -0.05) is 23.2 Å². The molecule has 0 spiro atoms. The van der Waals surface area contributed by atoms with Crippen LogP contribution in [0.2, 0.25) is 10.0 Å². The summed E-state index contributed by atoms with van der Waals surface area (Å²) < 4.78 is 0. The number of nitrogens with zero attached hydrogens (tertiary/aromatic N) is 2. The van der Waals surface area contributed by atoms with Gasteiger partial charge in [0.15, 0.2) is 0 Å². The molecule has 4 rings (SSSR count). The summed E-state index contributed by atoms with van der Waals surface area (Å²) in [5, 5.41) is 1.06. The molecule has 1 aliphatic carbocycles. The highest BCUT2D eigenvalue weighted by Gasteiger charge is 2.35. The molecule has 0 unspecified atom stereocenters. The zero-order chi connectivity index (χ0) is 15.3. The lowest BCUT2D eigenvalue weighted by molar-refractivity contribution is -0.133. The number of rotatable bonds is 2. The fraction of sp³-hybridized carbons (Fsp3) is 0.500. The first-order valence-corrected chi connectivity index (χ1v) is 8.51. The largest absolute Gasteiger partial charge is 0.342 e. The summed E-state index contributed by atoms with van der Waals surface area (Å²) >= 11 is 12.1. The SMILES string of the molecule is O=C(C1CC1)N1CCC(c2nc3cc(Cl)c(Cl)cc3[nH]2)CC1. The number of fused-ring (bicyclic) bond motifs is 1. The zero-order valence-corrected chi connectivity index (χ0v) is 13.6. The molecular formula is C16H17Cl2N3O. The van der Waals surface area contributed by atoms with Crippen LogP contribution in [-0.2, 0) is 4.79 Å². The third-order valence-electron chi connectivity index (χ3n) is 4.66. The molecule has 2 fully saturated rings. The number of carbonyl (C=O) groups excluding carboxylic acids is 1. The summed E-state index contributed by atoms with van der Waals surface area (Å²) in [5.74, 6) is 2.01. The van der Waals surface area contributed by atoms with E-state index in [0.717, 1.165) is 55.6 Å². The lowest BCUT2D eigenvalue weighted by atomic mass is 9.96. The number of aromatic nitrogens is 2. The monoisotopic (exact) mass is 337 g/mol. The van der Waals surface area contributed by atoms with Crippen molar-refractivity contribution in [3.8, 4) is 0 Å². The van der Waals surface area contributed by atoms with Crippen LogP contribution in [0.5, 0.6) is 0 Å². The minimum Gasteiger partial charge on any atom is -0.342 e. The highest BCUT2D eigenvalue weighted by atomic mass is 35.5. The molecule has 1 N–H and O–H groups in total. The van der Waals surface area contributed by atoms with Gasteiger partial charge in [0.1, 0.15) is 5.82 Å². The van der Waals surface area contributed by atoms with Crippen molar-refractivity contribution < 1.29 is 4.79 Å². The molecule has 22 heavy (non-hydrogen) atoms. The van der Waals surface area contributed by atoms with E-state index in [-0.39, 0.29) is 0 Å². The van der Waals surface area contributed by atoms with Gasteiger partial charge in [0, 0.05) is 24.9 Å². The highest BCUT2D eigenvalue weighted by molar-refractivity contribution is 6.42. The van der Waals surface area contributed by atoms with Gasteiger partial charge >= 0.3 is 0 Å². The van der Waals surface area contributed by atoms with Crippen molar-refractivity contribution in [1.29, 1.82) is 0 Å². The van der Waals surface area contributed by atoms with Gasteiger partial charge in [-0.15, -0.1) is 0 Å². The molecule has 0 bridgehead atoms. The zero-order valence-electron chi connectivity index (χ0n) is 12.1. The molecule has 1 aromatic carbocycles. The maximum Gasteiger partial charge on any atom is 0.225 e. The summed E-state index contributed by atoms with van der Waals surface area (Å²) in [6.45, 7) is 1.66. The third-order valence-corrected chi connectivity index (χ3v) is 5.38. The molecule has 1 aliphatic heterocycles. The maximum absolute atomic E-state index is 12.1. The number of hydrogen-bond acceptors (Lipinski definition) is 2. The van der Waals surface area contributed by atoms with Crippen molar-refractivity contribution >= 4 is 40.1 Å². The Hall–Kier alpha value is -1.26. The smallest absolute Gasteiger partial charge is 0.225 e. The summed E-state index contributed by atoms with van der Waals surface area (Å²) in [6.07, 6.45) is 4.06. The van der Waals surface area contributed by atoms with Gasteiger partial charge in [0.25, 0.3) is 0 Å². The number of carbonyl (C=O) groups is 1. The van der Waals surface area contributed by atoms with Crippen LogP contribution in [0.1, 0.15) is 37.4 Å². The molecule has 116 valence electrons. The maximum atomic E-state index is 12.1. The summed E-state index contributed by atoms with van der Waals surface area (Å²) in [7, 11) is 0. The Morgan fingerprint density at radius 3 is 2.50 bits per heavy atom. The first-order chi connectivity index (χ1) is 10.6. The van der Waals surface area contributed by atoms with Crippen molar-refractivity contribution in [3.63, 3.8) is 0 Å². The number of benzene rings is 1. The number of nitrogens with one attached hydrogen (secondary N) is 1. The predicted molar refractivity (Wildman–Crippen MR) is 87.4 cm³/mol. The van der Waals surface area contributed by atoms with Gasteiger partial charge in [-0.2, -0.15) is 0 Å². The molecule has 4 nitrogen and oxygen atoms in total. The second-order valence-corrected chi connectivity index (χ2v) is 7.09. The Morgan fingerprint density at radius 1 is 1.14 bits per heavy atom. The molecule has 1 saturated carbocycles. The van der Waals surface area contributed by atoms with Crippen molar-refractivity contribution in [2.24, 2.45) is 5.92 Å². The average Bonchev–Trinajstić information content (AvgIpc) is 3.29. The van der Waals surface area contributed by atoms with Crippen LogP contribution in [-0.4, -0.2) is 33.9 Å². The number of imidazole rings is 1. The Balaban J connectivity index is 1.50. The van der Waals surface area contributed by atoms with Gasteiger partial charge < -0.3 is 9.88 Å². The van der Waals surface area contributed by atoms with Crippen LogP contribution in [0, 0.1) is 5.92 Å². The third kappa shape index (κ3) is 2.59. The number of aromatic amines is 1. The van der Waals surface area contributed by atoms with Gasteiger partial charge in [0.05, 0.1) is 21.1 Å². The minimum atomic E-state index is 0.312. The number of halogens is 2. The normalized spacial score (nSPS) is 19.8. The first kappa shape index (κ1) is 14.3. The number of H-pyrrole nitrogens is 1. The van der Waals surface area contributed by atoms with Gasteiger partial charge in [-0.3, -0.25) is 4.79 Å². The van der Waals surface area contributed by atoms with Gasteiger partial charge in [-0.05, 0) is 37.8 Å².